The molecule has 0 heteroatoms. The summed E-state index contributed by atoms with van der Waals surface area (Å²) >= 11 is 0. The summed E-state index contributed by atoms with van der Waals surface area (Å²) in [6, 6.07) is 0. The molecule has 12 atom stereocenters. The molecule has 12 unspecified atom stereocenters. The largest absolute Gasteiger partial charge is 0.0648 e. The Labute approximate surface area is 155 Å². The van der Waals surface area contributed by atoms with Crippen molar-refractivity contribution < 1.29 is 0 Å². The van der Waals surface area contributed by atoms with Gasteiger partial charge in [0.05, 0.1) is 0 Å². The Hall–Kier alpha value is 0. The first kappa shape index (κ1) is 16.0. The van der Waals surface area contributed by atoms with E-state index in [-0.39, 0.29) is 0 Å². The van der Waals surface area contributed by atoms with Crippen molar-refractivity contribution in [1.29, 1.82) is 0 Å². The highest BCUT2D eigenvalue weighted by Gasteiger charge is 2.95. The number of rotatable bonds is 1. The average molecular weight is 341 g/mol. The molecule has 6 aliphatic rings. The SMILES string of the molecule is CCC1(C)CC2(C)CC(C)C3C4C5CC6C(C)C(C)(C4(C)C31C)C62C5. The Morgan fingerprint density at radius 2 is 1.52 bits per heavy atom. The fourth-order valence-corrected chi connectivity index (χ4v) is 13.4. The molecule has 6 saturated carbocycles. The minimum absolute atomic E-state index is 0.534. The third-order valence-corrected chi connectivity index (χ3v) is 13.9. The minimum Gasteiger partial charge on any atom is -0.0648 e. The summed E-state index contributed by atoms with van der Waals surface area (Å²) in [6.07, 6.45) is 7.63. The highest BCUT2D eigenvalue weighted by atomic mass is 15.0. The van der Waals surface area contributed by atoms with Crippen LogP contribution in [0.3, 0.4) is 0 Å². The van der Waals surface area contributed by atoms with Crippen molar-refractivity contribution in [2.24, 2.45) is 68.0 Å². The van der Waals surface area contributed by atoms with E-state index in [9.17, 15) is 0 Å². The molecule has 0 aromatic carbocycles. The molecule has 0 heterocycles. The van der Waals surface area contributed by atoms with Crippen molar-refractivity contribution in [2.75, 3.05) is 0 Å². The van der Waals surface area contributed by atoms with Crippen LogP contribution in [0.4, 0.5) is 0 Å². The summed E-state index contributed by atoms with van der Waals surface area (Å²) < 4.78 is 0. The number of hydrogen-bond acceptors (Lipinski definition) is 0. The van der Waals surface area contributed by atoms with Crippen LogP contribution in [0.5, 0.6) is 0 Å². The van der Waals surface area contributed by atoms with E-state index in [4.69, 9.17) is 0 Å². The molecule has 6 aliphatic carbocycles. The van der Waals surface area contributed by atoms with Gasteiger partial charge < -0.3 is 0 Å². The quantitative estimate of drug-likeness (QED) is 0.493. The molecule has 0 saturated heterocycles. The van der Waals surface area contributed by atoms with Gasteiger partial charge in [0.2, 0.25) is 0 Å². The van der Waals surface area contributed by atoms with Gasteiger partial charge in [-0.05, 0) is 93.7 Å². The fraction of sp³-hybridized carbons (Fsp3) is 1.00. The summed E-state index contributed by atoms with van der Waals surface area (Å²) in [7, 11) is 0. The molecule has 5 bridgehead atoms. The Morgan fingerprint density at radius 1 is 0.840 bits per heavy atom. The summed E-state index contributed by atoms with van der Waals surface area (Å²) in [5, 5.41) is 0. The molecule has 140 valence electrons. The predicted octanol–water partition coefficient (Wildman–Crippen LogP) is 6.79. The van der Waals surface area contributed by atoms with E-state index >= 15 is 0 Å². The van der Waals surface area contributed by atoms with Gasteiger partial charge in [-0.15, -0.1) is 0 Å². The lowest BCUT2D eigenvalue weighted by molar-refractivity contribution is -0.413. The lowest BCUT2D eigenvalue weighted by Gasteiger charge is -2.88. The van der Waals surface area contributed by atoms with Gasteiger partial charge in [-0.2, -0.15) is 0 Å². The molecule has 0 aromatic rings. The van der Waals surface area contributed by atoms with Gasteiger partial charge in [0.25, 0.3) is 0 Å². The molecule has 1 spiro atoms. The zero-order valence-electron chi connectivity index (χ0n) is 18.0. The van der Waals surface area contributed by atoms with Crippen LogP contribution >= 0.6 is 0 Å². The van der Waals surface area contributed by atoms with Crippen molar-refractivity contribution >= 4 is 0 Å². The normalized spacial score (nSPS) is 77.3. The maximum atomic E-state index is 2.82. The molecule has 0 radical (unpaired) electrons. The van der Waals surface area contributed by atoms with E-state index in [1.165, 1.54) is 19.3 Å². The smallest absolute Gasteiger partial charge is 0.0147 e. The van der Waals surface area contributed by atoms with Crippen molar-refractivity contribution in [3.63, 3.8) is 0 Å². The summed E-state index contributed by atoms with van der Waals surface area (Å²) in [6.45, 7) is 21.8. The topological polar surface area (TPSA) is 0 Å². The third-order valence-electron chi connectivity index (χ3n) is 13.9. The van der Waals surface area contributed by atoms with Crippen molar-refractivity contribution in [3.8, 4) is 0 Å². The van der Waals surface area contributed by atoms with E-state index in [1.54, 1.807) is 12.8 Å². The Morgan fingerprint density at radius 3 is 2.16 bits per heavy atom. The van der Waals surface area contributed by atoms with Gasteiger partial charge in [0.15, 0.2) is 0 Å². The van der Waals surface area contributed by atoms with Gasteiger partial charge >= 0.3 is 0 Å². The first-order valence-corrected chi connectivity index (χ1v) is 11.5. The van der Waals surface area contributed by atoms with E-state index in [0.717, 1.165) is 35.5 Å². The first-order valence-electron chi connectivity index (χ1n) is 11.5. The van der Waals surface area contributed by atoms with Gasteiger partial charge in [0, 0.05) is 0 Å². The average Bonchev–Trinajstić information content (AvgIpc) is 2.87. The second-order valence-corrected chi connectivity index (χ2v) is 13.1. The van der Waals surface area contributed by atoms with Gasteiger partial charge in [-0.25, -0.2) is 0 Å². The molecule has 0 aromatic heterocycles. The molecule has 25 heavy (non-hydrogen) atoms. The third kappa shape index (κ3) is 0.996. The zero-order valence-corrected chi connectivity index (χ0v) is 18.0. The van der Waals surface area contributed by atoms with E-state index in [2.05, 4.69) is 55.4 Å². The summed E-state index contributed by atoms with van der Waals surface area (Å²) in [4.78, 5) is 0. The summed E-state index contributed by atoms with van der Waals surface area (Å²) in [5.41, 5.74) is 3.51. The Kier molecular flexibility index (Phi) is 2.33. The maximum absolute atomic E-state index is 2.82. The Balaban J connectivity index is 1.77. The molecular formula is C25H40. The minimum atomic E-state index is 0.534. The van der Waals surface area contributed by atoms with Crippen LogP contribution in [0, 0.1) is 68.0 Å². The number of fused-ring (bicyclic) bond motifs is 5. The second-order valence-electron chi connectivity index (χ2n) is 13.1. The first-order chi connectivity index (χ1) is 11.5. The molecular weight excluding hydrogens is 300 g/mol. The molecule has 0 N–H and O–H groups in total. The van der Waals surface area contributed by atoms with Crippen LogP contribution in [0.25, 0.3) is 0 Å². The second kappa shape index (κ2) is 3.65. The van der Waals surface area contributed by atoms with Crippen molar-refractivity contribution in [3.05, 3.63) is 0 Å². The van der Waals surface area contributed by atoms with Crippen LogP contribution < -0.4 is 0 Å². The van der Waals surface area contributed by atoms with E-state index in [0.29, 0.717) is 32.5 Å². The van der Waals surface area contributed by atoms with E-state index < -0.39 is 0 Å². The fourth-order valence-electron chi connectivity index (χ4n) is 13.4. The van der Waals surface area contributed by atoms with Crippen molar-refractivity contribution in [2.45, 2.75) is 87.5 Å². The standard InChI is InChI=1S/C25H40/c1-9-20(4)13-21(5)11-14(2)18-19-16-10-17-15(3)22(6,25(17,21)12-16)24(19,8)23(18,20)7/h14-19H,9-13H2,1-8H3. The monoisotopic (exact) mass is 340 g/mol. The molecule has 0 amide bonds. The van der Waals surface area contributed by atoms with Crippen LogP contribution in [0.2, 0.25) is 0 Å². The van der Waals surface area contributed by atoms with Crippen LogP contribution in [0.1, 0.15) is 87.5 Å². The highest BCUT2D eigenvalue weighted by Crippen LogP contribution is 3.00. The van der Waals surface area contributed by atoms with Gasteiger partial charge in [-0.3, -0.25) is 0 Å². The lowest BCUT2D eigenvalue weighted by Crippen LogP contribution is -2.84. The maximum Gasteiger partial charge on any atom is -0.0147 e. The molecule has 0 aliphatic heterocycles. The Bertz CT molecular complexity index is 694. The molecule has 0 nitrogen and oxygen atoms in total. The zero-order chi connectivity index (χ0) is 18.0. The number of hydrogen-bond donors (Lipinski definition) is 0. The lowest BCUT2D eigenvalue weighted by atomic mass is 9.16. The molecule has 6 rings (SSSR count). The highest BCUT2D eigenvalue weighted by molar-refractivity contribution is 5.42. The van der Waals surface area contributed by atoms with Gasteiger partial charge in [-0.1, -0.05) is 61.8 Å². The van der Waals surface area contributed by atoms with Crippen LogP contribution in [-0.2, 0) is 0 Å². The van der Waals surface area contributed by atoms with E-state index in [1.807, 2.05) is 0 Å². The summed E-state index contributed by atoms with van der Waals surface area (Å²) in [5.74, 6) is 6.04. The van der Waals surface area contributed by atoms with Crippen molar-refractivity contribution in [1.82, 2.24) is 0 Å². The van der Waals surface area contributed by atoms with Gasteiger partial charge in [0.1, 0.15) is 0 Å². The molecule has 6 fully saturated rings. The predicted molar refractivity (Wildman–Crippen MR) is 104 cm³/mol. The van der Waals surface area contributed by atoms with Crippen LogP contribution in [0.15, 0.2) is 0 Å². The van der Waals surface area contributed by atoms with Crippen LogP contribution in [-0.4, -0.2) is 0 Å².